The van der Waals surface area contributed by atoms with E-state index in [2.05, 4.69) is 24.1 Å². The molecule has 2 aromatic heterocycles. The fraction of sp³-hybridized carbons (Fsp3) is 0.259. The average molecular weight is 505 g/mol. The number of hydrogen-bond donors (Lipinski definition) is 2. The Morgan fingerprint density at radius 2 is 1.83 bits per heavy atom. The van der Waals surface area contributed by atoms with Crippen LogP contribution in [0.3, 0.4) is 0 Å². The molecule has 9 heteroatoms. The summed E-state index contributed by atoms with van der Waals surface area (Å²) in [5.74, 6) is 0.263. The SMILES string of the molecule is CC(C)c1ccc(NC(=O)N2Cc3c[nH]c4c(=O)n(C)cc(c34)-c3cc(CS(C)(=O)=O)ccc32)cc1. The average Bonchev–Trinajstić information content (AvgIpc) is 3.18. The van der Waals surface area contributed by atoms with E-state index < -0.39 is 9.84 Å². The highest BCUT2D eigenvalue weighted by atomic mass is 32.2. The zero-order chi connectivity index (χ0) is 25.8. The second kappa shape index (κ2) is 8.67. The molecule has 0 radical (unpaired) electrons. The summed E-state index contributed by atoms with van der Waals surface area (Å²) in [5, 5.41) is 3.73. The number of aryl methyl sites for hydroxylation is 1. The lowest BCUT2D eigenvalue weighted by Gasteiger charge is -2.24. The van der Waals surface area contributed by atoms with Crippen molar-refractivity contribution >= 4 is 38.1 Å². The van der Waals surface area contributed by atoms with Crippen molar-refractivity contribution in [3.05, 3.63) is 81.9 Å². The third-order valence-electron chi connectivity index (χ3n) is 6.56. The third kappa shape index (κ3) is 4.30. The molecule has 0 bridgehead atoms. The van der Waals surface area contributed by atoms with Gasteiger partial charge in [0.15, 0.2) is 9.84 Å². The number of hydrogen-bond acceptors (Lipinski definition) is 4. The summed E-state index contributed by atoms with van der Waals surface area (Å²) in [6.45, 7) is 4.47. The molecular formula is C27H28N4O4S. The molecule has 1 aliphatic rings. The molecule has 0 spiro atoms. The zero-order valence-electron chi connectivity index (χ0n) is 20.6. The largest absolute Gasteiger partial charge is 0.356 e. The molecule has 0 aliphatic carbocycles. The first-order chi connectivity index (χ1) is 17.0. The zero-order valence-corrected chi connectivity index (χ0v) is 21.4. The monoisotopic (exact) mass is 504 g/mol. The molecule has 8 nitrogen and oxygen atoms in total. The van der Waals surface area contributed by atoms with Crippen LogP contribution in [-0.4, -0.2) is 30.3 Å². The van der Waals surface area contributed by atoms with E-state index in [0.717, 1.165) is 16.5 Å². The Hall–Kier alpha value is -3.85. The van der Waals surface area contributed by atoms with Gasteiger partial charge in [0.05, 0.1) is 18.0 Å². The van der Waals surface area contributed by atoms with Crippen molar-refractivity contribution in [3.63, 3.8) is 0 Å². The van der Waals surface area contributed by atoms with Crippen LogP contribution in [0.5, 0.6) is 0 Å². The van der Waals surface area contributed by atoms with Crippen molar-refractivity contribution in [2.75, 3.05) is 16.5 Å². The van der Waals surface area contributed by atoms with Gasteiger partial charge in [-0.15, -0.1) is 0 Å². The van der Waals surface area contributed by atoms with Gasteiger partial charge >= 0.3 is 6.03 Å². The Kier molecular flexibility index (Phi) is 5.75. The number of benzene rings is 2. The Balaban J connectivity index is 1.64. The number of H-pyrrole nitrogens is 1. The normalized spacial score (nSPS) is 13.1. The van der Waals surface area contributed by atoms with Crippen LogP contribution in [0.1, 0.15) is 36.5 Å². The first kappa shape index (κ1) is 23.9. The standard InChI is InChI=1S/C27H28N4O4S/c1-16(2)18-6-8-20(9-7-18)29-27(33)31-13-19-12-28-25-24(19)22(14-30(3)26(25)32)21-11-17(5-10-23(21)31)15-36(4,34)35/h5-12,14,16,28H,13,15H2,1-4H3,(H,29,33). The number of aromatic amines is 1. The van der Waals surface area contributed by atoms with Crippen LogP contribution in [0.4, 0.5) is 16.2 Å². The van der Waals surface area contributed by atoms with E-state index in [9.17, 15) is 18.0 Å². The minimum atomic E-state index is -3.26. The van der Waals surface area contributed by atoms with Gasteiger partial charge in [-0.25, -0.2) is 13.2 Å². The lowest BCUT2D eigenvalue weighted by molar-refractivity contribution is 0.256. The number of fused-ring (bicyclic) bond motifs is 2. The number of rotatable bonds is 4. The molecule has 0 atom stereocenters. The summed E-state index contributed by atoms with van der Waals surface area (Å²) in [5.41, 5.74) is 5.66. The van der Waals surface area contributed by atoms with Gasteiger partial charge < -0.3 is 14.9 Å². The van der Waals surface area contributed by atoms with Crippen LogP contribution in [0, 0.1) is 0 Å². The number of nitrogens with zero attached hydrogens (tertiary/aromatic N) is 2. The van der Waals surface area contributed by atoms with E-state index in [4.69, 9.17) is 0 Å². The van der Waals surface area contributed by atoms with Crippen molar-refractivity contribution in [1.29, 1.82) is 0 Å². The molecule has 0 fully saturated rings. The van der Waals surface area contributed by atoms with Crippen molar-refractivity contribution < 1.29 is 13.2 Å². The smallest absolute Gasteiger partial charge is 0.326 e. The number of sulfone groups is 1. The maximum atomic E-state index is 13.6. The first-order valence-corrected chi connectivity index (χ1v) is 13.8. The number of nitrogens with one attached hydrogen (secondary N) is 2. The van der Waals surface area contributed by atoms with E-state index >= 15 is 0 Å². The van der Waals surface area contributed by atoms with E-state index in [1.165, 1.54) is 16.4 Å². The Morgan fingerprint density at radius 3 is 2.50 bits per heavy atom. The molecule has 1 aliphatic heterocycles. The molecule has 4 aromatic rings. The molecule has 2 aromatic carbocycles. The quantitative estimate of drug-likeness (QED) is 0.418. The van der Waals surface area contributed by atoms with Crippen LogP contribution in [0.25, 0.3) is 22.0 Å². The van der Waals surface area contributed by atoms with Crippen molar-refractivity contribution in [1.82, 2.24) is 9.55 Å². The minimum absolute atomic E-state index is 0.121. The highest BCUT2D eigenvalue weighted by Crippen LogP contribution is 2.41. The van der Waals surface area contributed by atoms with Gasteiger partial charge in [-0.05, 0) is 46.9 Å². The Bertz CT molecular complexity index is 1660. The van der Waals surface area contributed by atoms with Crippen LogP contribution in [0.15, 0.2) is 59.7 Å². The van der Waals surface area contributed by atoms with Gasteiger partial charge in [0, 0.05) is 47.9 Å². The van der Waals surface area contributed by atoms with Crippen LogP contribution in [-0.2, 0) is 29.2 Å². The molecule has 0 saturated carbocycles. The summed E-state index contributed by atoms with van der Waals surface area (Å²) in [4.78, 5) is 31.1. The number of amides is 2. The molecule has 2 N–H and O–H groups in total. The van der Waals surface area contributed by atoms with E-state index in [0.29, 0.717) is 33.9 Å². The van der Waals surface area contributed by atoms with Gasteiger partial charge in [-0.2, -0.15) is 0 Å². The lowest BCUT2D eigenvalue weighted by atomic mass is 9.99. The molecule has 2 amide bonds. The Labute approximate surface area is 209 Å². The maximum absolute atomic E-state index is 13.6. The lowest BCUT2D eigenvalue weighted by Crippen LogP contribution is -2.34. The molecule has 186 valence electrons. The van der Waals surface area contributed by atoms with Crippen molar-refractivity contribution in [3.8, 4) is 11.1 Å². The number of pyridine rings is 1. The maximum Gasteiger partial charge on any atom is 0.326 e. The van der Waals surface area contributed by atoms with Crippen molar-refractivity contribution in [2.45, 2.75) is 32.1 Å². The van der Waals surface area contributed by atoms with Gasteiger partial charge in [0.1, 0.15) is 5.52 Å². The number of anilines is 2. The molecular weight excluding hydrogens is 476 g/mol. The summed E-state index contributed by atoms with van der Waals surface area (Å²) in [6.07, 6.45) is 4.70. The molecule has 0 saturated heterocycles. The van der Waals surface area contributed by atoms with Crippen LogP contribution in [0.2, 0.25) is 0 Å². The van der Waals surface area contributed by atoms with Gasteiger partial charge in [-0.3, -0.25) is 9.69 Å². The summed E-state index contributed by atoms with van der Waals surface area (Å²) in [6, 6.07) is 12.8. The summed E-state index contributed by atoms with van der Waals surface area (Å²) < 4.78 is 25.5. The van der Waals surface area contributed by atoms with Crippen LogP contribution >= 0.6 is 0 Å². The number of aromatic nitrogens is 2. The number of carbonyl (C=O) groups is 1. The number of carbonyl (C=O) groups excluding carboxylic acids is 1. The highest BCUT2D eigenvalue weighted by Gasteiger charge is 2.28. The molecule has 0 unspecified atom stereocenters. The summed E-state index contributed by atoms with van der Waals surface area (Å²) in [7, 11) is -1.59. The van der Waals surface area contributed by atoms with E-state index in [1.807, 2.05) is 24.3 Å². The second-order valence-corrected chi connectivity index (χ2v) is 11.9. The molecule has 5 rings (SSSR count). The Morgan fingerprint density at radius 1 is 1.11 bits per heavy atom. The third-order valence-corrected chi connectivity index (χ3v) is 7.42. The van der Waals surface area contributed by atoms with Gasteiger partial charge in [0.25, 0.3) is 5.56 Å². The van der Waals surface area contributed by atoms with Crippen LogP contribution < -0.4 is 15.8 Å². The van der Waals surface area contributed by atoms with E-state index in [1.54, 1.807) is 42.5 Å². The number of urea groups is 1. The highest BCUT2D eigenvalue weighted by molar-refractivity contribution is 7.89. The predicted octanol–water partition coefficient (Wildman–Crippen LogP) is 4.75. The fourth-order valence-corrected chi connectivity index (χ4v) is 5.55. The molecule has 3 heterocycles. The molecule has 36 heavy (non-hydrogen) atoms. The summed E-state index contributed by atoms with van der Waals surface area (Å²) >= 11 is 0. The van der Waals surface area contributed by atoms with Gasteiger partial charge in [-0.1, -0.05) is 32.0 Å². The van der Waals surface area contributed by atoms with Gasteiger partial charge in [0.2, 0.25) is 0 Å². The van der Waals surface area contributed by atoms with E-state index in [-0.39, 0.29) is 23.9 Å². The second-order valence-electron chi connectivity index (χ2n) is 9.74. The first-order valence-electron chi connectivity index (χ1n) is 11.7. The predicted molar refractivity (Wildman–Crippen MR) is 143 cm³/mol. The minimum Gasteiger partial charge on any atom is -0.356 e. The van der Waals surface area contributed by atoms with Crippen molar-refractivity contribution in [2.24, 2.45) is 7.05 Å². The topological polar surface area (TPSA) is 104 Å². The fourth-order valence-electron chi connectivity index (χ4n) is 4.77.